The first-order valence-corrected chi connectivity index (χ1v) is 6.91. The molecule has 0 radical (unpaired) electrons. The number of nitrogens with zero attached hydrogens (tertiary/aromatic N) is 1. The summed E-state index contributed by atoms with van der Waals surface area (Å²) in [5, 5.41) is 0. The molecule has 0 saturated heterocycles. The molecule has 0 unspecified atom stereocenters. The Kier molecular flexibility index (Phi) is 6.50. The standard InChI is InChI=1S/C15H26N2O2/c1-5-18-14-11-12(8-7-9-17(3)4)10-13(16)15(14)19-6-2/h10-11H,5-9,16H2,1-4H3. The molecular weight excluding hydrogens is 240 g/mol. The second kappa shape index (κ2) is 7.89. The fourth-order valence-electron chi connectivity index (χ4n) is 1.99. The minimum Gasteiger partial charge on any atom is -0.490 e. The average Bonchev–Trinajstić information content (AvgIpc) is 2.33. The van der Waals surface area contributed by atoms with Crippen LogP contribution in [0.15, 0.2) is 12.1 Å². The Bertz CT molecular complexity index is 392. The first-order valence-electron chi connectivity index (χ1n) is 6.91. The Balaban J connectivity index is 2.83. The summed E-state index contributed by atoms with van der Waals surface area (Å²) in [6, 6.07) is 4.03. The van der Waals surface area contributed by atoms with E-state index in [-0.39, 0.29) is 0 Å². The van der Waals surface area contributed by atoms with Crippen molar-refractivity contribution < 1.29 is 9.47 Å². The van der Waals surface area contributed by atoms with Crippen LogP contribution in [0.5, 0.6) is 11.5 Å². The maximum atomic E-state index is 6.05. The number of anilines is 1. The number of benzene rings is 1. The normalized spacial score (nSPS) is 10.8. The van der Waals surface area contributed by atoms with Gasteiger partial charge in [0.1, 0.15) is 0 Å². The summed E-state index contributed by atoms with van der Waals surface area (Å²) in [7, 11) is 4.16. The molecule has 4 heteroatoms. The Labute approximate surface area is 116 Å². The highest BCUT2D eigenvalue weighted by molar-refractivity contribution is 5.62. The van der Waals surface area contributed by atoms with E-state index in [4.69, 9.17) is 15.2 Å². The molecule has 4 nitrogen and oxygen atoms in total. The molecule has 2 N–H and O–H groups in total. The average molecular weight is 266 g/mol. The Morgan fingerprint density at radius 3 is 2.37 bits per heavy atom. The molecule has 0 aliphatic rings. The van der Waals surface area contributed by atoms with E-state index >= 15 is 0 Å². The van der Waals surface area contributed by atoms with Crippen molar-refractivity contribution in [3.05, 3.63) is 17.7 Å². The third-order valence-electron chi connectivity index (χ3n) is 2.80. The van der Waals surface area contributed by atoms with Crippen LogP contribution in [0.4, 0.5) is 5.69 Å². The van der Waals surface area contributed by atoms with Gasteiger partial charge in [0.25, 0.3) is 0 Å². The van der Waals surface area contributed by atoms with E-state index in [0.29, 0.717) is 24.7 Å². The van der Waals surface area contributed by atoms with E-state index in [9.17, 15) is 0 Å². The lowest BCUT2D eigenvalue weighted by Gasteiger charge is -2.15. The molecule has 0 aromatic heterocycles. The lowest BCUT2D eigenvalue weighted by molar-refractivity contribution is 0.289. The van der Waals surface area contributed by atoms with Gasteiger partial charge in [0, 0.05) is 0 Å². The molecule has 0 fully saturated rings. The number of rotatable bonds is 8. The van der Waals surface area contributed by atoms with Crippen LogP contribution in [0, 0.1) is 0 Å². The van der Waals surface area contributed by atoms with E-state index < -0.39 is 0 Å². The third kappa shape index (κ3) is 4.99. The van der Waals surface area contributed by atoms with Crippen molar-refractivity contribution in [1.29, 1.82) is 0 Å². The molecule has 1 aromatic carbocycles. The zero-order chi connectivity index (χ0) is 14.3. The molecule has 0 aliphatic heterocycles. The largest absolute Gasteiger partial charge is 0.490 e. The van der Waals surface area contributed by atoms with Gasteiger partial charge in [-0.05, 0) is 65.0 Å². The van der Waals surface area contributed by atoms with E-state index in [1.165, 1.54) is 5.56 Å². The molecule has 0 aliphatic carbocycles. The molecule has 1 aromatic rings. The van der Waals surface area contributed by atoms with E-state index in [2.05, 4.69) is 19.0 Å². The van der Waals surface area contributed by atoms with Crippen LogP contribution >= 0.6 is 0 Å². The van der Waals surface area contributed by atoms with Crippen LogP contribution in [0.2, 0.25) is 0 Å². The number of nitrogens with two attached hydrogens (primary N) is 1. The van der Waals surface area contributed by atoms with Crippen LogP contribution in [-0.4, -0.2) is 38.8 Å². The number of nitrogen functional groups attached to an aromatic ring is 1. The lowest BCUT2D eigenvalue weighted by atomic mass is 10.1. The second-order valence-corrected chi connectivity index (χ2v) is 4.79. The van der Waals surface area contributed by atoms with Gasteiger partial charge >= 0.3 is 0 Å². The Morgan fingerprint density at radius 2 is 1.79 bits per heavy atom. The van der Waals surface area contributed by atoms with E-state index in [0.717, 1.165) is 25.1 Å². The van der Waals surface area contributed by atoms with Gasteiger partial charge in [-0.25, -0.2) is 0 Å². The first kappa shape index (κ1) is 15.6. The summed E-state index contributed by atoms with van der Waals surface area (Å²) in [5.41, 5.74) is 7.91. The summed E-state index contributed by atoms with van der Waals surface area (Å²) in [4.78, 5) is 2.18. The summed E-state index contributed by atoms with van der Waals surface area (Å²) < 4.78 is 11.2. The molecule has 0 saturated carbocycles. The highest BCUT2D eigenvalue weighted by atomic mass is 16.5. The molecule has 0 atom stereocenters. The highest BCUT2D eigenvalue weighted by Gasteiger charge is 2.11. The van der Waals surface area contributed by atoms with Crippen LogP contribution in [0.3, 0.4) is 0 Å². The minimum absolute atomic E-state index is 0.588. The number of hydrogen-bond donors (Lipinski definition) is 1. The SMILES string of the molecule is CCOc1cc(CCCN(C)C)cc(N)c1OCC. The first-order chi connectivity index (χ1) is 9.08. The van der Waals surface area contributed by atoms with Gasteiger partial charge in [0.15, 0.2) is 11.5 Å². The van der Waals surface area contributed by atoms with Crippen LogP contribution < -0.4 is 15.2 Å². The van der Waals surface area contributed by atoms with Crippen molar-refractivity contribution >= 4 is 5.69 Å². The molecule has 19 heavy (non-hydrogen) atoms. The van der Waals surface area contributed by atoms with Gasteiger partial charge in [0.2, 0.25) is 0 Å². The van der Waals surface area contributed by atoms with Crippen LogP contribution in [0.25, 0.3) is 0 Å². The highest BCUT2D eigenvalue weighted by Crippen LogP contribution is 2.35. The van der Waals surface area contributed by atoms with Crippen molar-refractivity contribution in [2.45, 2.75) is 26.7 Å². The van der Waals surface area contributed by atoms with Crippen molar-refractivity contribution in [3.8, 4) is 11.5 Å². The monoisotopic (exact) mass is 266 g/mol. The maximum absolute atomic E-state index is 6.05. The Morgan fingerprint density at radius 1 is 1.11 bits per heavy atom. The van der Waals surface area contributed by atoms with Gasteiger partial charge < -0.3 is 20.1 Å². The third-order valence-corrected chi connectivity index (χ3v) is 2.80. The summed E-state index contributed by atoms with van der Waals surface area (Å²) in [6.45, 7) is 6.17. The topological polar surface area (TPSA) is 47.7 Å². The summed E-state index contributed by atoms with van der Waals surface area (Å²) in [5.74, 6) is 1.42. The number of ether oxygens (including phenoxy) is 2. The Hall–Kier alpha value is -1.42. The molecule has 0 bridgehead atoms. The van der Waals surface area contributed by atoms with Gasteiger partial charge in [-0.3, -0.25) is 0 Å². The van der Waals surface area contributed by atoms with Gasteiger partial charge in [-0.2, -0.15) is 0 Å². The second-order valence-electron chi connectivity index (χ2n) is 4.79. The summed E-state index contributed by atoms with van der Waals surface area (Å²) in [6.07, 6.45) is 2.10. The smallest absolute Gasteiger partial charge is 0.184 e. The van der Waals surface area contributed by atoms with E-state index in [1.54, 1.807) is 0 Å². The van der Waals surface area contributed by atoms with Gasteiger partial charge in [-0.15, -0.1) is 0 Å². The molecule has 0 spiro atoms. The number of hydrogen-bond acceptors (Lipinski definition) is 4. The predicted octanol–water partition coefficient (Wildman–Crippen LogP) is 2.56. The number of aryl methyl sites for hydroxylation is 1. The van der Waals surface area contributed by atoms with Crippen LogP contribution in [0.1, 0.15) is 25.8 Å². The van der Waals surface area contributed by atoms with E-state index in [1.807, 2.05) is 26.0 Å². The van der Waals surface area contributed by atoms with Crippen LogP contribution in [-0.2, 0) is 6.42 Å². The van der Waals surface area contributed by atoms with Gasteiger partial charge in [0.05, 0.1) is 18.9 Å². The quantitative estimate of drug-likeness (QED) is 0.735. The lowest BCUT2D eigenvalue weighted by Crippen LogP contribution is -2.13. The zero-order valence-electron chi connectivity index (χ0n) is 12.5. The molecule has 108 valence electrons. The zero-order valence-corrected chi connectivity index (χ0v) is 12.5. The van der Waals surface area contributed by atoms with Crippen molar-refractivity contribution in [2.24, 2.45) is 0 Å². The molecule has 0 heterocycles. The fraction of sp³-hybridized carbons (Fsp3) is 0.600. The van der Waals surface area contributed by atoms with Crippen molar-refractivity contribution in [1.82, 2.24) is 4.90 Å². The van der Waals surface area contributed by atoms with Crippen molar-refractivity contribution in [2.75, 3.05) is 39.6 Å². The molecular formula is C15H26N2O2. The maximum Gasteiger partial charge on any atom is 0.184 e. The fourth-order valence-corrected chi connectivity index (χ4v) is 1.99. The van der Waals surface area contributed by atoms with Gasteiger partial charge in [-0.1, -0.05) is 0 Å². The molecule has 0 amide bonds. The predicted molar refractivity (Wildman–Crippen MR) is 80.1 cm³/mol. The summed E-state index contributed by atoms with van der Waals surface area (Å²) >= 11 is 0. The minimum atomic E-state index is 0.588. The van der Waals surface area contributed by atoms with Crippen molar-refractivity contribution in [3.63, 3.8) is 0 Å². The molecule has 1 rings (SSSR count).